The van der Waals surface area contributed by atoms with Gasteiger partial charge in [-0.15, -0.1) is 0 Å². The van der Waals surface area contributed by atoms with E-state index >= 15 is 0 Å². The molecule has 0 aromatic rings. The highest BCUT2D eigenvalue weighted by molar-refractivity contribution is 5.69. The number of hydrogen-bond donors (Lipinski definition) is 0. The van der Waals surface area contributed by atoms with Gasteiger partial charge in [-0.05, 0) is 12.3 Å². The molecule has 1 unspecified atom stereocenters. The van der Waals surface area contributed by atoms with E-state index in [-0.39, 0.29) is 17.9 Å². The van der Waals surface area contributed by atoms with Gasteiger partial charge in [0.25, 0.3) is 0 Å². The van der Waals surface area contributed by atoms with Crippen molar-refractivity contribution in [1.29, 1.82) is 0 Å². The second-order valence-corrected chi connectivity index (χ2v) is 3.02. The molecule has 0 aromatic heterocycles. The van der Waals surface area contributed by atoms with Crippen molar-refractivity contribution >= 4 is 11.9 Å². The fraction of sp³-hybridized carbons (Fsp3) is 0.778. The Kier molecular flexibility index (Phi) is 5.93. The lowest BCUT2D eigenvalue weighted by atomic mass is 10.1. The lowest BCUT2D eigenvalue weighted by Crippen LogP contribution is -2.11. The minimum atomic E-state index is -0.287. The lowest BCUT2D eigenvalue weighted by molar-refractivity contribution is -0.142. The van der Waals surface area contributed by atoms with E-state index in [1.807, 2.05) is 6.92 Å². The molecule has 0 amide bonds. The molecular weight excluding hydrogens is 172 g/mol. The summed E-state index contributed by atoms with van der Waals surface area (Å²) in [6.45, 7) is 3.66. The molecule has 76 valence electrons. The monoisotopic (exact) mass is 188 g/mol. The number of ether oxygens (including phenoxy) is 2. The van der Waals surface area contributed by atoms with Crippen LogP contribution in [0.1, 0.15) is 26.7 Å². The van der Waals surface area contributed by atoms with Gasteiger partial charge in [-0.2, -0.15) is 0 Å². The van der Waals surface area contributed by atoms with Crippen LogP contribution in [-0.4, -0.2) is 25.7 Å². The van der Waals surface area contributed by atoms with Gasteiger partial charge in [0.05, 0.1) is 13.7 Å². The maximum atomic E-state index is 10.7. The van der Waals surface area contributed by atoms with Crippen LogP contribution in [0.5, 0.6) is 0 Å². The number of methoxy groups -OCH3 is 1. The van der Waals surface area contributed by atoms with E-state index in [0.717, 1.165) is 0 Å². The van der Waals surface area contributed by atoms with Crippen LogP contribution in [-0.2, 0) is 19.1 Å². The zero-order chi connectivity index (χ0) is 10.3. The van der Waals surface area contributed by atoms with Gasteiger partial charge >= 0.3 is 11.9 Å². The fourth-order valence-corrected chi connectivity index (χ4v) is 0.809. The van der Waals surface area contributed by atoms with E-state index in [2.05, 4.69) is 4.74 Å². The highest BCUT2D eigenvalue weighted by Gasteiger charge is 2.07. The van der Waals surface area contributed by atoms with E-state index in [9.17, 15) is 9.59 Å². The maximum Gasteiger partial charge on any atom is 0.305 e. The molecule has 0 aliphatic carbocycles. The van der Waals surface area contributed by atoms with Crippen LogP contribution in [0.15, 0.2) is 0 Å². The fourth-order valence-electron chi connectivity index (χ4n) is 0.809. The Morgan fingerprint density at radius 1 is 1.38 bits per heavy atom. The predicted molar refractivity (Wildman–Crippen MR) is 47.0 cm³/mol. The van der Waals surface area contributed by atoms with E-state index in [1.165, 1.54) is 14.0 Å². The Morgan fingerprint density at radius 2 is 2.00 bits per heavy atom. The molecule has 4 nitrogen and oxygen atoms in total. The molecule has 0 radical (unpaired) electrons. The standard InChI is InChI=1S/C9H16O4/c1-7(6-13-8(2)10)4-5-9(11)12-3/h7H,4-6H2,1-3H3. The molecule has 0 aliphatic heterocycles. The summed E-state index contributed by atoms with van der Waals surface area (Å²) >= 11 is 0. The highest BCUT2D eigenvalue weighted by atomic mass is 16.5. The second kappa shape index (κ2) is 6.46. The van der Waals surface area contributed by atoms with Crippen LogP contribution >= 0.6 is 0 Å². The summed E-state index contributed by atoms with van der Waals surface area (Å²) in [4.78, 5) is 21.2. The molecule has 1 atom stereocenters. The maximum absolute atomic E-state index is 10.7. The Labute approximate surface area is 78.2 Å². The molecule has 0 N–H and O–H groups in total. The van der Waals surface area contributed by atoms with Crippen molar-refractivity contribution in [2.45, 2.75) is 26.7 Å². The first-order valence-corrected chi connectivity index (χ1v) is 4.26. The van der Waals surface area contributed by atoms with Crippen molar-refractivity contribution in [3.05, 3.63) is 0 Å². The molecule has 0 spiro atoms. The molecule has 0 fully saturated rings. The van der Waals surface area contributed by atoms with Crippen LogP contribution in [0.3, 0.4) is 0 Å². The van der Waals surface area contributed by atoms with Gasteiger partial charge in [-0.3, -0.25) is 9.59 Å². The van der Waals surface area contributed by atoms with E-state index < -0.39 is 0 Å². The smallest absolute Gasteiger partial charge is 0.305 e. The Bertz CT molecular complexity index is 176. The zero-order valence-electron chi connectivity index (χ0n) is 8.33. The molecular formula is C9H16O4. The van der Waals surface area contributed by atoms with Gasteiger partial charge in [0.2, 0.25) is 0 Å². The topological polar surface area (TPSA) is 52.6 Å². The molecule has 0 heterocycles. The van der Waals surface area contributed by atoms with Crippen molar-refractivity contribution in [2.24, 2.45) is 5.92 Å². The van der Waals surface area contributed by atoms with Gasteiger partial charge in [0, 0.05) is 13.3 Å². The second-order valence-electron chi connectivity index (χ2n) is 3.02. The summed E-state index contributed by atoms with van der Waals surface area (Å²) in [6, 6.07) is 0. The van der Waals surface area contributed by atoms with E-state index in [4.69, 9.17) is 4.74 Å². The third-order valence-electron chi connectivity index (χ3n) is 1.64. The van der Waals surface area contributed by atoms with Gasteiger partial charge in [-0.25, -0.2) is 0 Å². The summed E-state index contributed by atoms with van der Waals surface area (Å²) in [6.07, 6.45) is 1.05. The normalized spacial score (nSPS) is 11.9. The van der Waals surface area contributed by atoms with Crippen molar-refractivity contribution in [3.63, 3.8) is 0 Å². The summed E-state index contributed by atoms with van der Waals surface area (Å²) in [5.41, 5.74) is 0. The zero-order valence-corrected chi connectivity index (χ0v) is 8.33. The van der Waals surface area contributed by atoms with Crippen LogP contribution in [0.2, 0.25) is 0 Å². The predicted octanol–water partition coefficient (Wildman–Crippen LogP) is 1.14. The Hall–Kier alpha value is -1.06. The number of rotatable bonds is 5. The molecule has 0 saturated carbocycles. The Morgan fingerprint density at radius 3 is 2.46 bits per heavy atom. The third-order valence-corrected chi connectivity index (χ3v) is 1.64. The van der Waals surface area contributed by atoms with Gasteiger partial charge in [-0.1, -0.05) is 6.92 Å². The van der Waals surface area contributed by atoms with Crippen LogP contribution < -0.4 is 0 Å². The number of carbonyl (C=O) groups is 2. The lowest BCUT2D eigenvalue weighted by Gasteiger charge is -2.09. The third kappa shape index (κ3) is 7.31. The van der Waals surface area contributed by atoms with Gasteiger partial charge < -0.3 is 9.47 Å². The summed E-state index contributed by atoms with van der Waals surface area (Å²) in [5, 5.41) is 0. The highest BCUT2D eigenvalue weighted by Crippen LogP contribution is 2.06. The van der Waals surface area contributed by atoms with Gasteiger partial charge in [0.1, 0.15) is 0 Å². The van der Waals surface area contributed by atoms with Crippen molar-refractivity contribution < 1.29 is 19.1 Å². The van der Waals surface area contributed by atoms with Gasteiger partial charge in [0.15, 0.2) is 0 Å². The Balaban J connectivity index is 3.45. The first kappa shape index (κ1) is 11.9. The van der Waals surface area contributed by atoms with Crippen LogP contribution in [0.4, 0.5) is 0 Å². The van der Waals surface area contributed by atoms with E-state index in [0.29, 0.717) is 19.4 Å². The first-order chi connectivity index (χ1) is 6.06. The van der Waals surface area contributed by atoms with Crippen LogP contribution in [0.25, 0.3) is 0 Å². The molecule has 13 heavy (non-hydrogen) atoms. The average Bonchev–Trinajstić information content (AvgIpc) is 2.10. The summed E-state index contributed by atoms with van der Waals surface area (Å²) < 4.78 is 9.26. The molecule has 4 heteroatoms. The minimum Gasteiger partial charge on any atom is -0.469 e. The molecule has 0 aliphatic rings. The number of hydrogen-bond acceptors (Lipinski definition) is 4. The average molecular weight is 188 g/mol. The summed E-state index contributed by atoms with van der Waals surface area (Å²) in [7, 11) is 1.36. The quantitative estimate of drug-likeness (QED) is 0.607. The number of carbonyl (C=O) groups excluding carboxylic acids is 2. The molecule has 0 bridgehead atoms. The van der Waals surface area contributed by atoms with E-state index in [1.54, 1.807) is 0 Å². The minimum absolute atomic E-state index is 0.197. The SMILES string of the molecule is COC(=O)CCC(C)COC(C)=O. The number of esters is 2. The van der Waals surface area contributed by atoms with Crippen molar-refractivity contribution in [2.75, 3.05) is 13.7 Å². The van der Waals surface area contributed by atoms with Crippen molar-refractivity contribution in [3.8, 4) is 0 Å². The largest absolute Gasteiger partial charge is 0.469 e. The molecule has 0 saturated heterocycles. The first-order valence-electron chi connectivity index (χ1n) is 4.26. The summed E-state index contributed by atoms with van der Waals surface area (Å²) in [5.74, 6) is -0.317. The molecule has 0 rings (SSSR count). The molecule has 0 aromatic carbocycles. The van der Waals surface area contributed by atoms with Crippen molar-refractivity contribution in [1.82, 2.24) is 0 Å². The van der Waals surface area contributed by atoms with Crippen LogP contribution in [0, 0.1) is 5.92 Å².